The Morgan fingerprint density at radius 2 is 1.80 bits per heavy atom. The summed E-state index contributed by atoms with van der Waals surface area (Å²) in [4.78, 5) is 23.8. The zero-order valence-corrected chi connectivity index (χ0v) is 19.4. The maximum Gasteiger partial charge on any atom is 0.257 e. The molecule has 1 aliphatic rings. The molecule has 1 aliphatic heterocycles. The summed E-state index contributed by atoms with van der Waals surface area (Å²) in [5.74, 6) is 2.05. The lowest BCUT2D eigenvalue weighted by molar-refractivity contribution is -0.119. The van der Waals surface area contributed by atoms with Gasteiger partial charge in [0.05, 0.1) is 13.7 Å². The summed E-state index contributed by atoms with van der Waals surface area (Å²) in [6.07, 6.45) is 7.64. The third-order valence-electron chi connectivity index (χ3n) is 5.49. The van der Waals surface area contributed by atoms with Crippen LogP contribution in [0.4, 0.5) is 5.69 Å². The number of carbonyl (C=O) groups is 1. The van der Waals surface area contributed by atoms with Crippen LogP contribution in [0.25, 0.3) is 0 Å². The van der Waals surface area contributed by atoms with Crippen molar-refractivity contribution in [2.24, 2.45) is 0 Å². The van der Waals surface area contributed by atoms with Gasteiger partial charge in [-0.1, -0.05) is 26.8 Å². The van der Waals surface area contributed by atoms with Crippen molar-refractivity contribution in [1.29, 1.82) is 0 Å². The molecule has 1 aromatic heterocycles. The van der Waals surface area contributed by atoms with Crippen LogP contribution in [0, 0.1) is 0 Å². The number of β-lactam (4-membered cyclic amide) rings is 1. The van der Waals surface area contributed by atoms with E-state index in [0.717, 1.165) is 17.0 Å². The number of hydrogen-bond acceptors (Lipinski definition) is 5. The van der Waals surface area contributed by atoms with Gasteiger partial charge in [-0.25, -0.2) is 9.97 Å². The molecule has 0 aliphatic carbocycles. The Bertz CT molecular complexity index is 910. The number of hydrogen-bond donors (Lipinski definition) is 0. The minimum Gasteiger partial charge on any atom is -0.497 e. The smallest absolute Gasteiger partial charge is 0.257 e. The Balaban J connectivity index is 1.95. The lowest BCUT2D eigenvalue weighted by Gasteiger charge is -2.47. The monoisotopic (exact) mass is 429 g/mol. The molecule has 0 radical (unpaired) electrons. The molecule has 2 aromatic rings. The minimum atomic E-state index is -1.40. The second kappa shape index (κ2) is 8.78. The number of aromatic nitrogens is 2. The third-order valence-corrected chi connectivity index (χ3v) is 9.64. The van der Waals surface area contributed by atoms with Crippen LogP contribution in [-0.4, -0.2) is 46.3 Å². The molecule has 1 amide bonds. The molecule has 1 fully saturated rings. The molecule has 0 N–H and O–H groups in total. The maximum absolute atomic E-state index is 13.2. The second-order valence-electron chi connectivity index (χ2n) is 8.23. The number of anilines is 1. The number of rotatable bonds is 7. The van der Waals surface area contributed by atoms with Gasteiger partial charge in [0.25, 0.3) is 5.91 Å². The van der Waals surface area contributed by atoms with E-state index in [1.165, 1.54) is 0 Å². The average Bonchev–Trinajstić information content (AvgIpc) is 2.72. The molecule has 0 saturated carbocycles. The molecular weight excluding hydrogens is 398 g/mol. The molecule has 1 aromatic carbocycles. The van der Waals surface area contributed by atoms with E-state index < -0.39 is 10.3 Å². The fourth-order valence-corrected chi connectivity index (χ4v) is 5.31. The first-order valence-electron chi connectivity index (χ1n) is 10.1. The first kappa shape index (κ1) is 22.3. The van der Waals surface area contributed by atoms with Gasteiger partial charge in [-0.3, -0.25) is 9.69 Å². The fourth-order valence-electron chi connectivity index (χ4n) is 3.34. The predicted octanol–water partition coefficient (Wildman–Crippen LogP) is 4.68. The van der Waals surface area contributed by atoms with E-state index in [-0.39, 0.29) is 16.7 Å². The maximum atomic E-state index is 13.2. The van der Waals surface area contributed by atoms with Crippen LogP contribution in [0.15, 0.2) is 54.4 Å². The first-order chi connectivity index (χ1) is 14.2. The predicted molar refractivity (Wildman–Crippen MR) is 123 cm³/mol. The van der Waals surface area contributed by atoms with Crippen molar-refractivity contribution in [3.05, 3.63) is 60.2 Å². The molecule has 6 nitrogen and oxygen atoms in total. The van der Waals surface area contributed by atoms with Gasteiger partial charge in [-0.2, -0.15) is 0 Å². The highest BCUT2D eigenvalue weighted by Crippen LogP contribution is 2.57. The molecule has 2 heterocycles. The van der Waals surface area contributed by atoms with Crippen molar-refractivity contribution in [2.45, 2.75) is 38.5 Å². The summed E-state index contributed by atoms with van der Waals surface area (Å²) >= 11 is 0. The van der Waals surface area contributed by atoms with E-state index in [1.54, 1.807) is 30.5 Å². The van der Waals surface area contributed by atoms with Crippen LogP contribution >= 0.6 is 10.3 Å². The van der Waals surface area contributed by atoms with Crippen molar-refractivity contribution >= 4 is 21.9 Å². The van der Waals surface area contributed by atoms with Crippen LogP contribution in [0.1, 0.15) is 39.6 Å². The van der Waals surface area contributed by atoms with Crippen molar-refractivity contribution in [1.82, 2.24) is 9.97 Å². The van der Waals surface area contributed by atoms with Gasteiger partial charge < -0.3 is 8.92 Å². The molecule has 162 valence electrons. The number of ether oxygens (including phenoxy) is 1. The lowest BCUT2D eigenvalue weighted by Crippen LogP contribution is -2.50. The zero-order chi connectivity index (χ0) is 21.9. The fraction of sp³-hybridized carbons (Fsp3) is 0.435. The molecule has 2 atom stereocenters. The summed E-state index contributed by atoms with van der Waals surface area (Å²) in [5, 5.41) is 0. The second-order valence-corrected chi connectivity index (χ2v) is 12.0. The van der Waals surface area contributed by atoms with Crippen molar-refractivity contribution in [3.8, 4) is 5.75 Å². The highest BCUT2D eigenvalue weighted by molar-refractivity contribution is 8.30. The standard InChI is InChI=1S/C23H31N3O3S/c1-7-29-30(6,23(2,3)4)16-13-19-20(21-24-14-8-15-25-21)26(22(19)27)17-9-11-18(28-5)12-10-17/h8-15,20H,7,16H2,1-6H3/b19-13+/t20-/m1/s1. The molecule has 0 bridgehead atoms. The van der Waals surface area contributed by atoms with E-state index in [9.17, 15) is 4.79 Å². The van der Waals surface area contributed by atoms with Gasteiger partial charge in [0.15, 0.2) is 5.82 Å². The number of carbonyl (C=O) groups excluding carboxylic acids is 1. The van der Waals surface area contributed by atoms with Gasteiger partial charge in [0.1, 0.15) is 11.8 Å². The van der Waals surface area contributed by atoms with Crippen LogP contribution in [0.3, 0.4) is 0 Å². The van der Waals surface area contributed by atoms with Crippen LogP contribution in [-0.2, 0) is 8.98 Å². The summed E-state index contributed by atoms with van der Waals surface area (Å²) in [7, 11) is 0.222. The summed E-state index contributed by atoms with van der Waals surface area (Å²) in [6.45, 7) is 9.26. The van der Waals surface area contributed by atoms with Crippen molar-refractivity contribution in [3.63, 3.8) is 0 Å². The first-order valence-corrected chi connectivity index (χ1v) is 12.2. The number of methoxy groups -OCH3 is 1. The molecule has 1 saturated heterocycles. The molecule has 3 rings (SSSR count). The van der Waals surface area contributed by atoms with E-state index in [4.69, 9.17) is 8.92 Å². The molecular formula is C23H31N3O3S. The Labute approximate surface area is 180 Å². The molecule has 0 spiro atoms. The Morgan fingerprint density at radius 3 is 2.33 bits per heavy atom. The van der Waals surface area contributed by atoms with Crippen molar-refractivity contribution in [2.75, 3.05) is 30.6 Å². The van der Waals surface area contributed by atoms with Crippen molar-refractivity contribution < 1.29 is 13.7 Å². The summed E-state index contributed by atoms with van der Waals surface area (Å²) in [6, 6.07) is 8.94. The highest BCUT2D eigenvalue weighted by atomic mass is 32.3. The molecule has 7 heteroatoms. The van der Waals surface area contributed by atoms with Gasteiger partial charge >= 0.3 is 0 Å². The highest BCUT2D eigenvalue weighted by Gasteiger charge is 2.46. The van der Waals surface area contributed by atoms with E-state index in [0.29, 0.717) is 18.2 Å². The minimum absolute atomic E-state index is 0.00127. The van der Waals surface area contributed by atoms with E-state index >= 15 is 0 Å². The lowest BCUT2D eigenvalue weighted by atomic mass is 9.92. The third kappa shape index (κ3) is 4.23. The van der Waals surface area contributed by atoms with Crippen LogP contribution < -0.4 is 9.64 Å². The van der Waals surface area contributed by atoms with E-state index in [2.05, 4.69) is 37.0 Å². The van der Waals surface area contributed by atoms with E-state index in [1.807, 2.05) is 37.3 Å². The summed E-state index contributed by atoms with van der Waals surface area (Å²) < 4.78 is 11.4. The Morgan fingerprint density at radius 1 is 1.17 bits per heavy atom. The van der Waals surface area contributed by atoms with Gasteiger partial charge in [-0.15, -0.1) is 10.3 Å². The largest absolute Gasteiger partial charge is 0.497 e. The topological polar surface area (TPSA) is 64.5 Å². The van der Waals surface area contributed by atoms with Gasteiger partial charge in [-0.05, 0) is 43.5 Å². The zero-order valence-electron chi connectivity index (χ0n) is 18.6. The number of amides is 1. The van der Waals surface area contributed by atoms with Crippen LogP contribution in [0.2, 0.25) is 0 Å². The quantitative estimate of drug-likeness (QED) is 0.472. The SMILES string of the molecule is CCOS(C)(C/C=C1/C(=O)N(c2ccc(OC)cc2)[C@H]1c1ncccn1)C(C)(C)C. The number of benzene rings is 1. The Hall–Kier alpha value is -2.38. The normalized spacial score (nSPS) is 21.1. The molecule has 1 unspecified atom stereocenters. The van der Waals surface area contributed by atoms with Crippen LogP contribution in [0.5, 0.6) is 5.75 Å². The summed E-state index contributed by atoms with van der Waals surface area (Å²) in [5.41, 5.74) is 1.52. The Kier molecular flexibility index (Phi) is 6.53. The van der Waals surface area contributed by atoms with Gasteiger partial charge in [0, 0.05) is 34.2 Å². The average molecular weight is 430 g/mol. The van der Waals surface area contributed by atoms with Gasteiger partial charge in [0.2, 0.25) is 0 Å². The number of nitrogens with zero attached hydrogens (tertiary/aromatic N) is 3. The molecule has 30 heavy (non-hydrogen) atoms.